The van der Waals surface area contributed by atoms with Crippen molar-refractivity contribution in [1.82, 2.24) is 10.2 Å². The zero-order valence-electron chi connectivity index (χ0n) is 9.84. The molecule has 18 heavy (non-hydrogen) atoms. The summed E-state index contributed by atoms with van der Waals surface area (Å²) >= 11 is 5.81. The third-order valence-electron chi connectivity index (χ3n) is 2.66. The molecule has 0 saturated carbocycles. The summed E-state index contributed by atoms with van der Waals surface area (Å²) in [6, 6.07) is 3.62. The van der Waals surface area contributed by atoms with Gasteiger partial charge in [0, 0.05) is 11.3 Å². The Morgan fingerprint density at radius 3 is 2.72 bits per heavy atom. The maximum absolute atomic E-state index is 12.9. The second kappa shape index (κ2) is 4.78. The number of benzene rings is 1. The minimum Gasteiger partial charge on any atom is -0.305 e. The van der Waals surface area contributed by atoms with E-state index in [2.05, 4.69) is 15.5 Å². The first-order chi connectivity index (χ1) is 8.49. The van der Waals surface area contributed by atoms with E-state index >= 15 is 0 Å². The number of aromatic nitrogens is 2. The van der Waals surface area contributed by atoms with E-state index in [0.29, 0.717) is 5.82 Å². The van der Waals surface area contributed by atoms with Crippen LogP contribution in [0, 0.1) is 19.7 Å². The van der Waals surface area contributed by atoms with Crippen molar-refractivity contribution in [1.29, 1.82) is 0 Å². The first-order valence-corrected chi connectivity index (χ1v) is 5.65. The molecule has 0 aliphatic carbocycles. The van der Waals surface area contributed by atoms with Crippen LogP contribution in [0.3, 0.4) is 0 Å². The molecule has 1 amide bonds. The van der Waals surface area contributed by atoms with Gasteiger partial charge in [0.1, 0.15) is 5.82 Å². The van der Waals surface area contributed by atoms with Crippen LogP contribution in [0.5, 0.6) is 0 Å². The summed E-state index contributed by atoms with van der Waals surface area (Å²) in [5.41, 5.74) is 1.93. The molecule has 0 radical (unpaired) electrons. The Kier molecular flexibility index (Phi) is 3.34. The number of nitrogens with zero attached hydrogens (tertiary/aromatic N) is 1. The monoisotopic (exact) mass is 267 g/mol. The molecule has 6 heteroatoms. The van der Waals surface area contributed by atoms with Gasteiger partial charge >= 0.3 is 0 Å². The molecule has 2 rings (SSSR count). The molecule has 0 atom stereocenters. The average molecular weight is 268 g/mol. The molecule has 1 aromatic heterocycles. The van der Waals surface area contributed by atoms with Crippen molar-refractivity contribution in [3.63, 3.8) is 0 Å². The van der Waals surface area contributed by atoms with E-state index in [9.17, 15) is 9.18 Å². The summed E-state index contributed by atoms with van der Waals surface area (Å²) in [4.78, 5) is 11.9. The predicted molar refractivity (Wildman–Crippen MR) is 67.4 cm³/mol. The molecule has 0 spiro atoms. The van der Waals surface area contributed by atoms with Crippen LogP contribution >= 0.6 is 11.6 Å². The largest absolute Gasteiger partial charge is 0.305 e. The molecule has 0 saturated heterocycles. The molecular formula is C12H11ClFN3O. The van der Waals surface area contributed by atoms with Gasteiger partial charge < -0.3 is 5.32 Å². The van der Waals surface area contributed by atoms with Crippen molar-refractivity contribution in [3.8, 4) is 0 Å². The molecule has 1 aromatic carbocycles. The third-order valence-corrected chi connectivity index (χ3v) is 2.97. The molecule has 0 unspecified atom stereocenters. The first-order valence-electron chi connectivity index (χ1n) is 5.27. The van der Waals surface area contributed by atoms with E-state index in [1.165, 1.54) is 12.1 Å². The highest BCUT2D eigenvalue weighted by atomic mass is 35.5. The van der Waals surface area contributed by atoms with E-state index < -0.39 is 11.7 Å². The SMILES string of the molecule is Cc1[nH]nc(NC(=O)c2ccc(F)cc2Cl)c1C. The molecule has 0 aliphatic heterocycles. The number of H-pyrrole nitrogens is 1. The van der Waals surface area contributed by atoms with Crippen LogP contribution in [-0.2, 0) is 0 Å². The maximum Gasteiger partial charge on any atom is 0.258 e. The number of amides is 1. The van der Waals surface area contributed by atoms with Crippen LogP contribution in [0.1, 0.15) is 21.6 Å². The summed E-state index contributed by atoms with van der Waals surface area (Å²) in [5, 5.41) is 9.40. The predicted octanol–water partition coefficient (Wildman–Crippen LogP) is 3.07. The average Bonchev–Trinajstić information content (AvgIpc) is 2.61. The lowest BCUT2D eigenvalue weighted by atomic mass is 10.2. The van der Waals surface area contributed by atoms with Gasteiger partial charge in [0.15, 0.2) is 5.82 Å². The van der Waals surface area contributed by atoms with Crippen LogP contribution in [0.15, 0.2) is 18.2 Å². The van der Waals surface area contributed by atoms with Crippen molar-refractivity contribution in [2.75, 3.05) is 5.32 Å². The van der Waals surface area contributed by atoms with Gasteiger partial charge in [-0.1, -0.05) is 11.6 Å². The second-order valence-electron chi connectivity index (χ2n) is 3.90. The van der Waals surface area contributed by atoms with Crippen LogP contribution < -0.4 is 5.32 Å². The number of nitrogens with one attached hydrogen (secondary N) is 2. The minimum atomic E-state index is -0.483. The number of carbonyl (C=O) groups is 1. The zero-order valence-corrected chi connectivity index (χ0v) is 10.6. The number of rotatable bonds is 2. The first kappa shape index (κ1) is 12.6. The molecule has 1 heterocycles. The normalized spacial score (nSPS) is 10.4. The minimum absolute atomic E-state index is 0.0670. The van der Waals surface area contributed by atoms with Gasteiger partial charge in [0.05, 0.1) is 10.6 Å². The molecule has 0 fully saturated rings. The van der Waals surface area contributed by atoms with E-state index in [1.807, 2.05) is 13.8 Å². The quantitative estimate of drug-likeness (QED) is 0.878. The van der Waals surface area contributed by atoms with E-state index in [-0.39, 0.29) is 10.6 Å². The number of anilines is 1. The molecule has 0 bridgehead atoms. The van der Waals surface area contributed by atoms with Crippen LogP contribution in [0.4, 0.5) is 10.2 Å². The highest BCUT2D eigenvalue weighted by Gasteiger charge is 2.14. The Labute approximate surface area is 108 Å². The number of carbonyl (C=O) groups excluding carboxylic acids is 1. The third kappa shape index (κ3) is 2.36. The van der Waals surface area contributed by atoms with Gasteiger partial charge in [-0.3, -0.25) is 9.89 Å². The summed E-state index contributed by atoms with van der Waals surface area (Å²) in [6.45, 7) is 3.68. The van der Waals surface area contributed by atoms with E-state index in [0.717, 1.165) is 17.3 Å². The highest BCUT2D eigenvalue weighted by molar-refractivity contribution is 6.34. The fourth-order valence-electron chi connectivity index (χ4n) is 1.46. The summed E-state index contributed by atoms with van der Waals surface area (Å²) < 4.78 is 12.9. The van der Waals surface area contributed by atoms with Crippen molar-refractivity contribution in [2.45, 2.75) is 13.8 Å². The van der Waals surface area contributed by atoms with Gasteiger partial charge in [0.2, 0.25) is 0 Å². The van der Waals surface area contributed by atoms with E-state index in [1.54, 1.807) is 0 Å². The Morgan fingerprint density at radius 1 is 1.44 bits per heavy atom. The fourth-order valence-corrected chi connectivity index (χ4v) is 1.71. The lowest BCUT2D eigenvalue weighted by Gasteiger charge is -2.05. The maximum atomic E-state index is 12.9. The van der Waals surface area contributed by atoms with Crippen LogP contribution in [0.2, 0.25) is 5.02 Å². The Bertz CT molecular complexity index is 609. The number of hydrogen-bond acceptors (Lipinski definition) is 2. The number of aryl methyl sites for hydroxylation is 1. The smallest absolute Gasteiger partial charge is 0.258 e. The van der Waals surface area contributed by atoms with Crippen molar-refractivity contribution >= 4 is 23.3 Å². The van der Waals surface area contributed by atoms with Gasteiger partial charge in [-0.05, 0) is 32.0 Å². The van der Waals surface area contributed by atoms with Crippen LogP contribution in [0.25, 0.3) is 0 Å². The molecule has 2 N–H and O–H groups in total. The lowest BCUT2D eigenvalue weighted by molar-refractivity contribution is 0.102. The van der Waals surface area contributed by atoms with Gasteiger partial charge in [-0.25, -0.2) is 4.39 Å². The molecule has 0 aliphatic rings. The molecule has 94 valence electrons. The van der Waals surface area contributed by atoms with Crippen LogP contribution in [-0.4, -0.2) is 16.1 Å². The number of hydrogen-bond donors (Lipinski definition) is 2. The van der Waals surface area contributed by atoms with Crippen molar-refractivity contribution in [2.24, 2.45) is 0 Å². The summed E-state index contributed by atoms with van der Waals surface area (Å²) in [5.74, 6) is -0.462. The lowest BCUT2D eigenvalue weighted by Crippen LogP contribution is -2.13. The van der Waals surface area contributed by atoms with Gasteiger partial charge in [-0.15, -0.1) is 0 Å². The Hall–Kier alpha value is -1.88. The van der Waals surface area contributed by atoms with Gasteiger partial charge in [-0.2, -0.15) is 5.10 Å². The number of halogens is 2. The number of aromatic amines is 1. The molecule has 4 nitrogen and oxygen atoms in total. The molecule has 2 aromatic rings. The zero-order chi connectivity index (χ0) is 13.3. The standard InChI is InChI=1S/C12H11ClFN3O/c1-6-7(2)16-17-11(6)15-12(18)9-4-3-8(14)5-10(9)13/h3-5H,1-2H3,(H2,15,16,17,18). The fraction of sp³-hybridized carbons (Fsp3) is 0.167. The highest BCUT2D eigenvalue weighted by Crippen LogP contribution is 2.20. The second-order valence-corrected chi connectivity index (χ2v) is 4.31. The van der Waals surface area contributed by atoms with Crippen molar-refractivity contribution < 1.29 is 9.18 Å². The Morgan fingerprint density at radius 2 is 2.17 bits per heavy atom. The Balaban J connectivity index is 2.25. The van der Waals surface area contributed by atoms with E-state index in [4.69, 9.17) is 11.6 Å². The molecular weight excluding hydrogens is 257 g/mol. The van der Waals surface area contributed by atoms with Crippen molar-refractivity contribution in [3.05, 3.63) is 45.9 Å². The topological polar surface area (TPSA) is 57.8 Å². The van der Waals surface area contributed by atoms with Gasteiger partial charge in [0.25, 0.3) is 5.91 Å². The summed E-state index contributed by atoms with van der Waals surface area (Å²) in [7, 11) is 0. The summed E-state index contributed by atoms with van der Waals surface area (Å²) in [6.07, 6.45) is 0.